The number of halogens is 2. The van der Waals surface area contributed by atoms with Crippen LogP contribution in [0.15, 0.2) is 47.1 Å². The van der Waals surface area contributed by atoms with Crippen molar-refractivity contribution in [3.05, 3.63) is 75.6 Å². The SMILES string of the molecule is CS(=O)(=O)Cc1noc(CN(Cc2ccc(Cl)c(Cl)c2)Cc2ccccn2)n1. The lowest BCUT2D eigenvalue weighted by Crippen LogP contribution is -2.23. The fraction of sp³-hybridized carbons (Fsp3) is 0.278. The second-order valence-electron chi connectivity index (χ2n) is 6.39. The number of rotatable bonds is 8. The molecule has 0 N–H and O–H groups in total. The molecule has 0 saturated heterocycles. The standard InChI is InChI=1S/C18H18Cl2N4O3S/c1-28(25,26)12-17-22-18(27-23-17)11-24(10-14-4-2-3-7-21-14)9-13-5-6-15(19)16(20)8-13/h2-8H,9-12H2,1H3. The number of hydrogen-bond acceptors (Lipinski definition) is 7. The highest BCUT2D eigenvalue weighted by Gasteiger charge is 2.16. The van der Waals surface area contributed by atoms with Gasteiger partial charge in [0.15, 0.2) is 15.7 Å². The molecule has 0 aliphatic rings. The number of pyridine rings is 1. The monoisotopic (exact) mass is 440 g/mol. The van der Waals surface area contributed by atoms with Crippen LogP contribution in [-0.2, 0) is 35.2 Å². The highest BCUT2D eigenvalue weighted by atomic mass is 35.5. The average molecular weight is 441 g/mol. The van der Waals surface area contributed by atoms with E-state index in [9.17, 15) is 8.42 Å². The maximum atomic E-state index is 11.4. The molecule has 28 heavy (non-hydrogen) atoms. The Labute approximate surface area is 173 Å². The van der Waals surface area contributed by atoms with Crippen molar-refractivity contribution in [2.24, 2.45) is 0 Å². The first-order chi connectivity index (χ1) is 13.3. The number of nitrogens with zero attached hydrogens (tertiary/aromatic N) is 4. The largest absolute Gasteiger partial charge is 0.338 e. The Hall–Kier alpha value is -2.00. The molecule has 10 heteroatoms. The second-order valence-corrected chi connectivity index (χ2v) is 9.34. The minimum Gasteiger partial charge on any atom is -0.338 e. The summed E-state index contributed by atoms with van der Waals surface area (Å²) in [5.74, 6) is 0.211. The van der Waals surface area contributed by atoms with E-state index in [1.54, 1.807) is 18.3 Å². The third-order valence-corrected chi connectivity index (χ3v) is 5.28. The van der Waals surface area contributed by atoms with Gasteiger partial charge in [0.1, 0.15) is 5.75 Å². The third-order valence-electron chi connectivity index (χ3n) is 3.76. The van der Waals surface area contributed by atoms with Gasteiger partial charge in [0.25, 0.3) is 0 Å². The van der Waals surface area contributed by atoms with Crippen molar-refractivity contribution in [2.75, 3.05) is 6.26 Å². The van der Waals surface area contributed by atoms with Crippen molar-refractivity contribution < 1.29 is 12.9 Å². The molecule has 7 nitrogen and oxygen atoms in total. The molecule has 0 unspecified atom stereocenters. The van der Waals surface area contributed by atoms with Crippen molar-refractivity contribution in [1.82, 2.24) is 20.0 Å². The summed E-state index contributed by atoms with van der Waals surface area (Å²) >= 11 is 12.1. The summed E-state index contributed by atoms with van der Waals surface area (Å²) in [4.78, 5) is 10.6. The molecule has 3 rings (SSSR count). The van der Waals surface area contributed by atoms with Crippen molar-refractivity contribution in [3.8, 4) is 0 Å². The molecule has 0 fully saturated rings. The lowest BCUT2D eigenvalue weighted by atomic mass is 10.2. The van der Waals surface area contributed by atoms with Crippen LogP contribution >= 0.6 is 23.2 Å². The molecule has 2 aromatic heterocycles. The van der Waals surface area contributed by atoms with Gasteiger partial charge in [0, 0.05) is 25.5 Å². The van der Waals surface area contributed by atoms with Crippen molar-refractivity contribution in [1.29, 1.82) is 0 Å². The summed E-state index contributed by atoms with van der Waals surface area (Å²) in [6, 6.07) is 11.1. The minimum absolute atomic E-state index is 0.143. The van der Waals surface area contributed by atoms with E-state index in [1.807, 2.05) is 29.2 Å². The van der Waals surface area contributed by atoms with Crippen molar-refractivity contribution in [2.45, 2.75) is 25.4 Å². The molecule has 0 bridgehead atoms. The molecule has 0 saturated carbocycles. The van der Waals surface area contributed by atoms with E-state index in [0.29, 0.717) is 35.6 Å². The van der Waals surface area contributed by atoms with Gasteiger partial charge in [-0.25, -0.2) is 8.42 Å². The predicted octanol–water partition coefficient (Wildman–Crippen LogP) is 3.52. The van der Waals surface area contributed by atoms with Crippen LogP contribution in [-0.4, -0.2) is 34.7 Å². The number of benzene rings is 1. The van der Waals surface area contributed by atoms with Gasteiger partial charge in [-0.05, 0) is 29.8 Å². The Balaban J connectivity index is 1.78. The number of aromatic nitrogens is 3. The highest BCUT2D eigenvalue weighted by molar-refractivity contribution is 7.89. The van der Waals surface area contributed by atoms with Gasteiger partial charge in [-0.3, -0.25) is 9.88 Å². The summed E-state index contributed by atoms with van der Waals surface area (Å²) in [5.41, 5.74) is 1.83. The molecule has 0 radical (unpaired) electrons. The minimum atomic E-state index is -3.23. The van der Waals surface area contributed by atoms with Crippen LogP contribution in [0.2, 0.25) is 10.0 Å². The van der Waals surface area contributed by atoms with Crippen LogP contribution in [0.1, 0.15) is 23.0 Å². The van der Waals surface area contributed by atoms with Gasteiger partial charge in [0.05, 0.1) is 22.3 Å². The first-order valence-corrected chi connectivity index (χ1v) is 11.2. The van der Waals surface area contributed by atoms with E-state index < -0.39 is 9.84 Å². The van der Waals surface area contributed by atoms with Crippen LogP contribution in [0.5, 0.6) is 0 Å². The van der Waals surface area contributed by atoms with Gasteiger partial charge < -0.3 is 4.52 Å². The Bertz CT molecular complexity index is 1040. The zero-order valence-electron chi connectivity index (χ0n) is 15.0. The fourth-order valence-corrected chi connectivity index (χ4v) is 3.53. The lowest BCUT2D eigenvalue weighted by molar-refractivity contribution is 0.209. The predicted molar refractivity (Wildman–Crippen MR) is 106 cm³/mol. The van der Waals surface area contributed by atoms with Crippen LogP contribution < -0.4 is 0 Å². The molecule has 1 aromatic carbocycles. The number of sulfone groups is 1. The quantitative estimate of drug-likeness (QED) is 0.529. The molecule has 0 spiro atoms. The summed E-state index contributed by atoms with van der Waals surface area (Å²) in [6.45, 7) is 1.40. The van der Waals surface area contributed by atoms with Crippen LogP contribution in [0.25, 0.3) is 0 Å². The van der Waals surface area contributed by atoms with E-state index >= 15 is 0 Å². The molecule has 0 aliphatic carbocycles. The van der Waals surface area contributed by atoms with Gasteiger partial charge in [-0.1, -0.05) is 40.5 Å². The van der Waals surface area contributed by atoms with Gasteiger partial charge in [-0.15, -0.1) is 0 Å². The summed E-state index contributed by atoms with van der Waals surface area (Å²) in [7, 11) is -3.23. The molecule has 148 valence electrons. The van der Waals surface area contributed by atoms with Gasteiger partial charge in [-0.2, -0.15) is 4.98 Å². The van der Waals surface area contributed by atoms with E-state index in [-0.39, 0.29) is 11.6 Å². The third kappa shape index (κ3) is 6.27. The van der Waals surface area contributed by atoms with E-state index in [0.717, 1.165) is 17.5 Å². The summed E-state index contributed by atoms with van der Waals surface area (Å²) in [5, 5.41) is 4.72. The molecule has 0 amide bonds. The van der Waals surface area contributed by atoms with Crippen LogP contribution in [0.3, 0.4) is 0 Å². The maximum absolute atomic E-state index is 11.4. The van der Waals surface area contributed by atoms with Crippen molar-refractivity contribution in [3.63, 3.8) is 0 Å². The highest BCUT2D eigenvalue weighted by Crippen LogP contribution is 2.24. The smallest absolute Gasteiger partial charge is 0.240 e. The Morgan fingerprint density at radius 2 is 1.89 bits per heavy atom. The molecule has 3 aromatic rings. The first-order valence-electron chi connectivity index (χ1n) is 8.34. The molecule has 0 aliphatic heterocycles. The molecule has 2 heterocycles. The maximum Gasteiger partial charge on any atom is 0.240 e. The van der Waals surface area contributed by atoms with Crippen LogP contribution in [0.4, 0.5) is 0 Å². The second kappa shape index (κ2) is 9.00. The zero-order chi connectivity index (χ0) is 20.1. The van der Waals surface area contributed by atoms with Gasteiger partial charge in [0.2, 0.25) is 5.89 Å². The molecular formula is C18H18Cl2N4O3S. The van der Waals surface area contributed by atoms with Gasteiger partial charge >= 0.3 is 0 Å². The Morgan fingerprint density at radius 3 is 2.57 bits per heavy atom. The zero-order valence-corrected chi connectivity index (χ0v) is 17.4. The Morgan fingerprint density at radius 1 is 1.07 bits per heavy atom. The lowest BCUT2D eigenvalue weighted by Gasteiger charge is -2.20. The average Bonchev–Trinajstić information content (AvgIpc) is 3.04. The molecule has 0 atom stereocenters. The van der Waals surface area contributed by atoms with E-state index in [1.165, 1.54) is 0 Å². The molecular weight excluding hydrogens is 423 g/mol. The number of hydrogen-bond donors (Lipinski definition) is 0. The van der Waals surface area contributed by atoms with Crippen molar-refractivity contribution >= 4 is 33.0 Å². The van der Waals surface area contributed by atoms with E-state index in [4.69, 9.17) is 27.7 Å². The fourth-order valence-electron chi connectivity index (χ4n) is 2.62. The van der Waals surface area contributed by atoms with E-state index in [2.05, 4.69) is 15.1 Å². The normalized spacial score (nSPS) is 11.9. The first kappa shape index (κ1) is 20.7. The summed E-state index contributed by atoms with van der Waals surface area (Å²) < 4.78 is 28.0. The Kier molecular flexibility index (Phi) is 6.66. The topological polar surface area (TPSA) is 89.2 Å². The van der Waals surface area contributed by atoms with Crippen LogP contribution in [0, 0.1) is 0 Å². The summed E-state index contributed by atoms with van der Waals surface area (Å²) in [6.07, 6.45) is 2.85.